The average molecular weight is 263 g/mol. The zero-order chi connectivity index (χ0) is 14.0. The number of halogens is 1. The number of carbonyl (C=O) groups excluding carboxylic acids is 1. The maximum Gasteiger partial charge on any atom is 0.164 e. The Morgan fingerprint density at radius 3 is 2.63 bits per heavy atom. The fourth-order valence-electron chi connectivity index (χ4n) is 3.21. The van der Waals surface area contributed by atoms with Crippen LogP contribution in [0, 0.1) is 11.7 Å². The van der Waals surface area contributed by atoms with Crippen LogP contribution < -0.4 is 4.90 Å². The highest BCUT2D eigenvalue weighted by molar-refractivity contribution is 6.00. The molecule has 2 atom stereocenters. The Balaban J connectivity index is 2.35. The van der Waals surface area contributed by atoms with E-state index in [4.69, 9.17) is 0 Å². The second-order valence-electron chi connectivity index (χ2n) is 5.63. The van der Waals surface area contributed by atoms with Gasteiger partial charge in [0.05, 0.1) is 11.3 Å². The number of benzene rings is 1. The van der Waals surface area contributed by atoms with Crippen molar-refractivity contribution >= 4 is 11.5 Å². The van der Waals surface area contributed by atoms with Crippen LogP contribution in [0.2, 0.25) is 0 Å². The van der Waals surface area contributed by atoms with Crippen molar-refractivity contribution in [2.24, 2.45) is 5.92 Å². The lowest BCUT2D eigenvalue weighted by Crippen LogP contribution is -2.39. The molecule has 1 aromatic rings. The number of rotatable bonds is 3. The topological polar surface area (TPSA) is 20.3 Å². The van der Waals surface area contributed by atoms with Crippen LogP contribution in [0.4, 0.5) is 10.1 Å². The SMILES string of the molecule is CC(=O)c1c(F)cccc1N(C)C1CCCCC1C. The fourth-order valence-corrected chi connectivity index (χ4v) is 3.21. The van der Waals surface area contributed by atoms with E-state index in [9.17, 15) is 9.18 Å². The molecule has 1 saturated carbocycles. The first-order valence-corrected chi connectivity index (χ1v) is 7.04. The average Bonchev–Trinajstić information content (AvgIpc) is 2.37. The highest BCUT2D eigenvalue weighted by Crippen LogP contribution is 2.32. The molecule has 0 N–H and O–H groups in total. The van der Waals surface area contributed by atoms with E-state index in [0.29, 0.717) is 12.0 Å². The van der Waals surface area contributed by atoms with Crippen molar-refractivity contribution in [1.82, 2.24) is 0 Å². The Morgan fingerprint density at radius 1 is 1.32 bits per heavy atom. The van der Waals surface area contributed by atoms with E-state index in [1.165, 1.54) is 32.3 Å². The predicted octanol–water partition coefficient (Wildman–Crippen LogP) is 4.04. The summed E-state index contributed by atoms with van der Waals surface area (Å²) >= 11 is 0. The molecule has 1 aliphatic rings. The van der Waals surface area contributed by atoms with E-state index >= 15 is 0 Å². The Morgan fingerprint density at radius 2 is 2.00 bits per heavy atom. The second-order valence-corrected chi connectivity index (χ2v) is 5.63. The van der Waals surface area contributed by atoms with Crippen molar-refractivity contribution in [3.8, 4) is 0 Å². The summed E-state index contributed by atoms with van der Waals surface area (Å²) in [4.78, 5) is 13.8. The van der Waals surface area contributed by atoms with Crippen molar-refractivity contribution in [3.05, 3.63) is 29.6 Å². The molecule has 0 heterocycles. The van der Waals surface area contributed by atoms with Gasteiger partial charge in [0, 0.05) is 13.1 Å². The van der Waals surface area contributed by atoms with Crippen molar-refractivity contribution in [2.45, 2.75) is 45.6 Å². The molecule has 0 aromatic heterocycles. The summed E-state index contributed by atoms with van der Waals surface area (Å²) in [6.07, 6.45) is 4.81. The smallest absolute Gasteiger partial charge is 0.164 e. The highest BCUT2D eigenvalue weighted by Gasteiger charge is 2.27. The second kappa shape index (κ2) is 5.72. The third-order valence-corrected chi connectivity index (χ3v) is 4.29. The van der Waals surface area contributed by atoms with Crippen LogP contribution in [-0.2, 0) is 0 Å². The van der Waals surface area contributed by atoms with Crippen molar-refractivity contribution in [1.29, 1.82) is 0 Å². The first-order valence-electron chi connectivity index (χ1n) is 7.04. The zero-order valence-corrected chi connectivity index (χ0v) is 11.9. The Kier molecular flexibility index (Phi) is 4.23. The molecule has 1 aliphatic carbocycles. The zero-order valence-electron chi connectivity index (χ0n) is 11.9. The first-order chi connectivity index (χ1) is 9.02. The summed E-state index contributed by atoms with van der Waals surface area (Å²) in [5.41, 5.74) is 0.953. The molecule has 0 amide bonds. The van der Waals surface area contributed by atoms with Gasteiger partial charge in [0.25, 0.3) is 0 Å². The lowest BCUT2D eigenvalue weighted by molar-refractivity contribution is 0.101. The van der Waals surface area contributed by atoms with E-state index in [-0.39, 0.29) is 11.3 Å². The lowest BCUT2D eigenvalue weighted by atomic mass is 9.84. The number of carbonyl (C=O) groups is 1. The monoisotopic (exact) mass is 263 g/mol. The Labute approximate surface area is 114 Å². The molecule has 2 rings (SSSR count). The summed E-state index contributed by atoms with van der Waals surface area (Å²) < 4.78 is 13.9. The standard InChI is InChI=1S/C16H22FNO/c1-11-7-4-5-9-14(11)18(3)15-10-6-8-13(17)16(15)12(2)19/h6,8,10-11,14H,4-5,7,9H2,1-3H3. The summed E-state index contributed by atoms with van der Waals surface area (Å²) in [6, 6.07) is 5.29. The summed E-state index contributed by atoms with van der Waals surface area (Å²) in [5.74, 6) is -0.0365. The van der Waals surface area contributed by atoms with Gasteiger partial charge in [0.15, 0.2) is 5.78 Å². The van der Waals surface area contributed by atoms with E-state index in [0.717, 1.165) is 12.1 Å². The molecular weight excluding hydrogens is 241 g/mol. The number of anilines is 1. The number of Topliss-reactive ketones (excluding diaryl/α,β-unsaturated/α-hetero) is 1. The van der Waals surface area contributed by atoms with Crippen LogP contribution in [0.5, 0.6) is 0 Å². The third kappa shape index (κ3) is 2.80. The van der Waals surface area contributed by atoms with Gasteiger partial charge in [-0.3, -0.25) is 4.79 Å². The summed E-state index contributed by atoms with van der Waals surface area (Å²) in [7, 11) is 1.98. The van der Waals surface area contributed by atoms with E-state index in [1.54, 1.807) is 6.07 Å². The summed E-state index contributed by atoms with van der Waals surface area (Å²) in [5, 5.41) is 0. The van der Waals surface area contributed by atoms with Gasteiger partial charge in [-0.2, -0.15) is 0 Å². The van der Waals surface area contributed by atoms with Crippen molar-refractivity contribution in [3.63, 3.8) is 0 Å². The molecule has 3 heteroatoms. The van der Waals surface area contributed by atoms with Gasteiger partial charge in [-0.15, -0.1) is 0 Å². The Bertz CT molecular complexity index is 472. The maximum atomic E-state index is 13.9. The van der Waals surface area contributed by atoms with Gasteiger partial charge in [0.2, 0.25) is 0 Å². The van der Waals surface area contributed by atoms with Gasteiger partial charge in [-0.05, 0) is 37.8 Å². The predicted molar refractivity (Wildman–Crippen MR) is 76.2 cm³/mol. The quantitative estimate of drug-likeness (QED) is 0.767. The van der Waals surface area contributed by atoms with Crippen LogP contribution in [-0.4, -0.2) is 18.9 Å². The third-order valence-electron chi connectivity index (χ3n) is 4.29. The maximum absolute atomic E-state index is 13.9. The molecule has 0 aliphatic heterocycles. The number of hydrogen-bond acceptors (Lipinski definition) is 2. The minimum absolute atomic E-state index is 0.205. The number of ketones is 1. The fraction of sp³-hybridized carbons (Fsp3) is 0.562. The molecule has 1 aromatic carbocycles. The summed E-state index contributed by atoms with van der Waals surface area (Å²) in [6.45, 7) is 3.67. The van der Waals surface area contributed by atoms with Gasteiger partial charge in [-0.1, -0.05) is 25.8 Å². The van der Waals surface area contributed by atoms with Crippen LogP contribution in [0.25, 0.3) is 0 Å². The first kappa shape index (κ1) is 14.0. The van der Waals surface area contributed by atoms with Crippen molar-refractivity contribution < 1.29 is 9.18 Å². The van der Waals surface area contributed by atoms with Gasteiger partial charge >= 0.3 is 0 Å². The minimum atomic E-state index is -0.416. The van der Waals surface area contributed by atoms with Crippen LogP contribution in [0.3, 0.4) is 0 Å². The molecule has 1 fully saturated rings. The molecule has 0 spiro atoms. The van der Waals surface area contributed by atoms with E-state index in [2.05, 4.69) is 11.8 Å². The molecule has 0 bridgehead atoms. The van der Waals surface area contributed by atoms with E-state index < -0.39 is 5.82 Å². The molecule has 2 unspecified atom stereocenters. The largest absolute Gasteiger partial charge is 0.371 e. The van der Waals surface area contributed by atoms with Crippen LogP contribution >= 0.6 is 0 Å². The van der Waals surface area contributed by atoms with Crippen LogP contribution in [0.1, 0.15) is 49.9 Å². The molecule has 0 radical (unpaired) electrons. The highest BCUT2D eigenvalue weighted by atomic mass is 19.1. The van der Waals surface area contributed by atoms with Gasteiger partial charge in [-0.25, -0.2) is 4.39 Å². The number of hydrogen-bond donors (Lipinski definition) is 0. The molecule has 104 valence electrons. The van der Waals surface area contributed by atoms with Gasteiger partial charge < -0.3 is 4.90 Å². The van der Waals surface area contributed by atoms with Gasteiger partial charge in [0.1, 0.15) is 5.82 Å². The Hall–Kier alpha value is -1.38. The minimum Gasteiger partial charge on any atom is -0.371 e. The lowest BCUT2D eigenvalue weighted by Gasteiger charge is -2.38. The van der Waals surface area contributed by atoms with E-state index in [1.807, 2.05) is 13.1 Å². The molecule has 19 heavy (non-hydrogen) atoms. The van der Waals surface area contributed by atoms with Crippen LogP contribution in [0.15, 0.2) is 18.2 Å². The van der Waals surface area contributed by atoms with Crippen molar-refractivity contribution in [2.75, 3.05) is 11.9 Å². The molecule has 0 saturated heterocycles. The number of nitrogens with zero attached hydrogens (tertiary/aromatic N) is 1. The molecule has 2 nitrogen and oxygen atoms in total. The molecular formula is C16H22FNO. The normalized spacial score (nSPS) is 23.2.